The van der Waals surface area contributed by atoms with Crippen molar-refractivity contribution in [1.29, 1.82) is 0 Å². The van der Waals surface area contributed by atoms with Crippen LogP contribution < -0.4 is 10.1 Å². The summed E-state index contributed by atoms with van der Waals surface area (Å²) in [5, 5.41) is 10.1. The Balaban J connectivity index is 1.45. The highest BCUT2D eigenvalue weighted by molar-refractivity contribution is 6.14. The van der Waals surface area contributed by atoms with E-state index in [1.807, 2.05) is 47.1 Å². The first-order chi connectivity index (χ1) is 15.6. The molecular formula is C26H20FN3O2. The van der Waals surface area contributed by atoms with Crippen LogP contribution in [0.3, 0.4) is 0 Å². The minimum Gasteiger partial charge on any atom is -0.496 e. The number of benzene rings is 4. The normalized spacial score (nSPS) is 11.1. The number of amides is 1. The molecule has 1 aromatic heterocycles. The Bertz CT molecular complexity index is 1440. The maximum Gasteiger partial charge on any atom is 0.256 e. The third-order valence-electron chi connectivity index (χ3n) is 5.50. The molecule has 0 spiro atoms. The minimum absolute atomic E-state index is 0.201. The van der Waals surface area contributed by atoms with Crippen LogP contribution in [0.4, 0.5) is 10.1 Å². The van der Waals surface area contributed by atoms with Gasteiger partial charge >= 0.3 is 0 Å². The van der Waals surface area contributed by atoms with E-state index in [-0.39, 0.29) is 11.7 Å². The molecule has 32 heavy (non-hydrogen) atoms. The van der Waals surface area contributed by atoms with Crippen LogP contribution in [0.1, 0.15) is 15.9 Å². The van der Waals surface area contributed by atoms with Crippen LogP contribution in [-0.4, -0.2) is 22.8 Å². The molecule has 0 saturated carbocycles. The van der Waals surface area contributed by atoms with E-state index in [2.05, 4.69) is 10.4 Å². The number of halogens is 1. The second kappa shape index (κ2) is 8.15. The van der Waals surface area contributed by atoms with Gasteiger partial charge in [-0.3, -0.25) is 9.48 Å². The molecule has 5 rings (SSSR count). The molecule has 0 aliphatic rings. The van der Waals surface area contributed by atoms with Crippen molar-refractivity contribution in [3.05, 3.63) is 102 Å². The lowest BCUT2D eigenvalue weighted by atomic mass is 10.0. The Labute approximate surface area is 184 Å². The fraction of sp³-hybridized carbons (Fsp3) is 0.0769. The predicted molar refractivity (Wildman–Crippen MR) is 124 cm³/mol. The molecular weight excluding hydrogens is 405 g/mol. The number of hydrogen-bond donors (Lipinski definition) is 1. The number of nitrogens with one attached hydrogen (secondary N) is 1. The lowest BCUT2D eigenvalue weighted by Gasteiger charge is -2.11. The zero-order valence-corrected chi connectivity index (χ0v) is 17.4. The highest BCUT2D eigenvalue weighted by atomic mass is 19.1. The van der Waals surface area contributed by atoms with Crippen LogP contribution in [0, 0.1) is 5.82 Å². The van der Waals surface area contributed by atoms with Crippen molar-refractivity contribution in [3.63, 3.8) is 0 Å². The topological polar surface area (TPSA) is 56.1 Å². The number of anilines is 1. The Morgan fingerprint density at radius 3 is 2.56 bits per heavy atom. The number of hydrogen-bond acceptors (Lipinski definition) is 3. The van der Waals surface area contributed by atoms with Gasteiger partial charge in [-0.15, -0.1) is 0 Å². The standard InChI is InChI=1S/C26H20FN3O2/c1-32-25-13-12-23(21-4-2-3-5-22(21)25)26(31)29-20-11-8-18-15-28-30(24(18)14-20)16-17-6-9-19(27)10-7-17/h2-15H,16H2,1H3,(H,29,31). The first-order valence-corrected chi connectivity index (χ1v) is 10.2. The molecule has 158 valence electrons. The fourth-order valence-corrected chi connectivity index (χ4v) is 3.88. The Kier molecular flexibility index (Phi) is 5.03. The third kappa shape index (κ3) is 3.67. The molecule has 0 aliphatic heterocycles. The molecule has 1 heterocycles. The Morgan fingerprint density at radius 2 is 1.78 bits per heavy atom. The molecule has 5 nitrogen and oxygen atoms in total. The predicted octanol–water partition coefficient (Wildman–Crippen LogP) is 5.64. The highest BCUT2D eigenvalue weighted by Gasteiger charge is 2.14. The van der Waals surface area contributed by atoms with Crippen LogP contribution in [0.2, 0.25) is 0 Å². The summed E-state index contributed by atoms with van der Waals surface area (Å²) in [6.07, 6.45) is 1.78. The van der Waals surface area contributed by atoms with E-state index >= 15 is 0 Å². The third-order valence-corrected chi connectivity index (χ3v) is 5.50. The van der Waals surface area contributed by atoms with Crippen LogP contribution in [-0.2, 0) is 6.54 Å². The highest BCUT2D eigenvalue weighted by Crippen LogP contribution is 2.29. The lowest BCUT2D eigenvalue weighted by Crippen LogP contribution is -2.12. The lowest BCUT2D eigenvalue weighted by molar-refractivity contribution is 0.102. The quantitative estimate of drug-likeness (QED) is 0.397. The van der Waals surface area contributed by atoms with Gasteiger partial charge in [0, 0.05) is 22.0 Å². The summed E-state index contributed by atoms with van der Waals surface area (Å²) >= 11 is 0. The molecule has 0 aliphatic carbocycles. The van der Waals surface area contributed by atoms with Crippen molar-refractivity contribution < 1.29 is 13.9 Å². The van der Waals surface area contributed by atoms with Crippen molar-refractivity contribution in [2.24, 2.45) is 0 Å². The summed E-state index contributed by atoms with van der Waals surface area (Å²) in [6, 6.07) is 23.3. The zero-order valence-electron chi connectivity index (χ0n) is 17.4. The summed E-state index contributed by atoms with van der Waals surface area (Å²) in [5.41, 5.74) is 3.06. The van der Waals surface area contributed by atoms with E-state index in [0.29, 0.717) is 17.8 Å². The van der Waals surface area contributed by atoms with Crippen LogP contribution in [0.15, 0.2) is 85.1 Å². The number of methoxy groups -OCH3 is 1. The molecule has 0 fully saturated rings. The van der Waals surface area contributed by atoms with Gasteiger partial charge in [-0.2, -0.15) is 5.10 Å². The van der Waals surface area contributed by atoms with Gasteiger partial charge in [0.2, 0.25) is 0 Å². The number of fused-ring (bicyclic) bond motifs is 2. The summed E-state index contributed by atoms with van der Waals surface area (Å²) in [7, 11) is 1.62. The largest absolute Gasteiger partial charge is 0.496 e. The number of carbonyl (C=O) groups is 1. The van der Waals surface area contributed by atoms with Gasteiger partial charge in [-0.05, 0) is 53.4 Å². The number of carbonyl (C=O) groups excluding carboxylic acids is 1. The first-order valence-electron chi connectivity index (χ1n) is 10.2. The van der Waals surface area contributed by atoms with Crippen LogP contribution >= 0.6 is 0 Å². The second-order valence-electron chi connectivity index (χ2n) is 7.52. The summed E-state index contributed by atoms with van der Waals surface area (Å²) in [4.78, 5) is 13.1. The van der Waals surface area contributed by atoms with Crippen molar-refractivity contribution >= 4 is 33.3 Å². The number of rotatable bonds is 5. The van der Waals surface area contributed by atoms with E-state index in [4.69, 9.17) is 4.74 Å². The molecule has 0 unspecified atom stereocenters. The molecule has 0 saturated heterocycles. The first kappa shape index (κ1) is 19.8. The van der Waals surface area contributed by atoms with Gasteiger partial charge in [0.15, 0.2) is 0 Å². The SMILES string of the molecule is COc1ccc(C(=O)Nc2ccc3cnn(Cc4ccc(F)cc4)c3c2)c2ccccc12. The van der Waals surface area contributed by atoms with Gasteiger partial charge < -0.3 is 10.1 Å². The summed E-state index contributed by atoms with van der Waals surface area (Å²) in [5.74, 6) is 0.256. The molecule has 0 atom stereocenters. The van der Waals surface area contributed by atoms with Crippen molar-refractivity contribution in [2.75, 3.05) is 12.4 Å². The molecule has 6 heteroatoms. The molecule has 0 bridgehead atoms. The number of ether oxygens (including phenoxy) is 1. The van der Waals surface area contributed by atoms with Gasteiger partial charge in [0.05, 0.1) is 25.4 Å². The number of nitrogens with zero attached hydrogens (tertiary/aromatic N) is 2. The van der Waals surface area contributed by atoms with Gasteiger partial charge in [-0.25, -0.2) is 4.39 Å². The van der Waals surface area contributed by atoms with E-state index in [1.165, 1.54) is 12.1 Å². The monoisotopic (exact) mass is 425 g/mol. The molecule has 5 aromatic rings. The maximum atomic E-state index is 13.2. The Hall–Kier alpha value is -4.19. The molecule has 1 amide bonds. The number of aromatic nitrogens is 2. The minimum atomic E-state index is -0.268. The van der Waals surface area contributed by atoms with Crippen LogP contribution in [0.5, 0.6) is 5.75 Å². The molecule has 0 radical (unpaired) electrons. The molecule has 4 aromatic carbocycles. The second-order valence-corrected chi connectivity index (χ2v) is 7.52. The fourth-order valence-electron chi connectivity index (χ4n) is 3.88. The maximum absolute atomic E-state index is 13.2. The van der Waals surface area contributed by atoms with Gasteiger partial charge in [0.25, 0.3) is 5.91 Å². The smallest absolute Gasteiger partial charge is 0.256 e. The van der Waals surface area contributed by atoms with Crippen molar-refractivity contribution in [3.8, 4) is 5.75 Å². The van der Waals surface area contributed by atoms with Crippen LogP contribution in [0.25, 0.3) is 21.7 Å². The van der Waals surface area contributed by atoms with Crippen molar-refractivity contribution in [2.45, 2.75) is 6.54 Å². The van der Waals surface area contributed by atoms with E-state index in [1.54, 1.807) is 37.6 Å². The van der Waals surface area contributed by atoms with Gasteiger partial charge in [-0.1, -0.05) is 36.4 Å². The van der Waals surface area contributed by atoms with E-state index < -0.39 is 0 Å². The average Bonchev–Trinajstić information content (AvgIpc) is 3.21. The average molecular weight is 425 g/mol. The van der Waals surface area contributed by atoms with Crippen molar-refractivity contribution in [1.82, 2.24) is 9.78 Å². The Morgan fingerprint density at radius 1 is 1.00 bits per heavy atom. The van der Waals surface area contributed by atoms with E-state index in [0.717, 1.165) is 33.0 Å². The summed E-state index contributed by atoms with van der Waals surface area (Å²) < 4.78 is 20.5. The van der Waals surface area contributed by atoms with Gasteiger partial charge in [0.1, 0.15) is 11.6 Å². The molecule has 1 N–H and O–H groups in total. The van der Waals surface area contributed by atoms with E-state index in [9.17, 15) is 9.18 Å². The summed E-state index contributed by atoms with van der Waals surface area (Å²) in [6.45, 7) is 0.504. The zero-order chi connectivity index (χ0) is 22.1.